The summed E-state index contributed by atoms with van der Waals surface area (Å²) in [4.78, 5) is 2.34. The molecule has 0 aromatic heterocycles. The van der Waals surface area contributed by atoms with E-state index in [2.05, 4.69) is 17.3 Å². The summed E-state index contributed by atoms with van der Waals surface area (Å²) in [6.07, 6.45) is 2.54. The van der Waals surface area contributed by atoms with Crippen molar-refractivity contribution in [3.63, 3.8) is 0 Å². The van der Waals surface area contributed by atoms with Gasteiger partial charge in [-0.15, -0.1) is 0 Å². The molecule has 1 unspecified atom stereocenters. The summed E-state index contributed by atoms with van der Waals surface area (Å²) in [5.41, 5.74) is 0. The van der Waals surface area contributed by atoms with Crippen LogP contribution in [0.1, 0.15) is 25.7 Å². The SMILES string of the molecule is CN1CCCCC1CCNCC(F)F. The first-order valence-electron chi connectivity index (χ1n) is 5.39. The first kappa shape index (κ1) is 11.9. The maximum Gasteiger partial charge on any atom is 0.250 e. The Bertz CT molecular complexity index is 153. The zero-order chi connectivity index (χ0) is 10.4. The van der Waals surface area contributed by atoms with Crippen LogP contribution in [0.3, 0.4) is 0 Å². The smallest absolute Gasteiger partial charge is 0.250 e. The third kappa shape index (κ3) is 4.33. The van der Waals surface area contributed by atoms with E-state index >= 15 is 0 Å². The van der Waals surface area contributed by atoms with Crippen LogP contribution in [0.25, 0.3) is 0 Å². The number of nitrogens with zero attached hydrogens (tertiary/aromatic N) is 1. The third-order valence-corrected chi connectivity index (χ3v) is 2.87. The standard InChI is InChI=1S/C10H20F2N2/c1-14-7-3-2-4-9(14)5-6-13-8-10(11)12/h9-10,13H,2-8H2,1H3. The Balaban J connectivity index is 2.04. The van der Waals surface area contributed by atoms with E-state index in [9.17, 15) is 8.78 Å². The van der Waals surface area contributed by atoms with Crippen molar-refractivity contribution in [3.8, 4) is 0 Å². The number of alkyl halides is 2. The molecule has 14 heavy (non-hydrogen) atoms. The highest BCUT2D eigenvalue weighted by molar-refractivity contribution is 4.74. The number of piperidine rings is 1. The summed E-state index contributed by atoms with van der Waals surface area (Å²) in [5.74, 6) is 0. The van der Waals surface area contributed by atoms with Crippen molar-refractivity contribution in [2.24, 2.45) is 0 Å². The summed E-state index contributed by atoms with van der Waals surface area (Å²) in [5, 5.41) is 2.78. The second-order valence-electron chi connectivity index (χ2n) is 4.01. The molecule has 1 rings (SSSR count). The fourth-order valence-electron chi connectivity index (χ4n) is 1.99. The van der Waals surface area contributed by atoms with Crippen LogP contribution in [-0.4, -0.2) is 44.0 Å². The lowest BCUT2D eigenvalue weighted by atomic mass is 10.0. The van der Waals surface area contributed by atoms with Crippen LogP contribution in [-0.2, 0) is 0 Å². The summed E-state index contributed by atoms with van der Waals surface area (Å²) >= 11 is 0. The van der Waals surface area contributed by atoms with Gasteiger partial charge in [0.1, 0.15) is 0 Å². The Morgan fingerprint density at radius 3 is 2.86 bits per heavy atom. The molecule has 1 N–H and O–H groups in total. The molecular weight excluding hydrogens is 186 g/mol. The van der Waals surface area contributed by atoms with Gasteiger partial charge in [-0.2, -0.15) is 0 Å². The Morgan fingerprint density at radius 1 is 1.43 bits per heavy atom. The lowest BCUT2D eigenvalue weighted by Crippen LogP contribution is -2.38. The highest BCUT2D eigenvalue weighted by Crippen LogP contribution is 2.16. The van der Waals surface area contributed by atoms with E-state index in [0.29, 0.717) is 12.6 Å². The van der Waals surface area contributed by atoms with Crippen LogP contribution in [0, 0.1) is 0 Å². The van der Waals surface area contributed by atoms with Crippen molar-refractivity contribution >= 4 is 0 Å². The van der Waals surface area contributed by atoms with E-state index in [1.54, 1.807) is 0 Å². The third-order valence-electron chi connectivity index (χ3n) is 2.87. The van der Waals surface area contributed by atoms with Crippen LogP contribution in [0.4, 0.5) is 8.78 Å². The van der Waals surface area contributed by atoms with Crippen LogP contribution in [0.2, 0.25) is 0 Å². The summed E-state index contributed by atoms with van der Waals surface area (Å²) in [6.45, 7) is 1.69. The van der Waals surface area contributed by atoms with Gasteiger partial charge in [0.2, 0.25) is 0 Å². The zero-order valence-corrected chi connectivity index (χ0v) is 8.81. The highest BCUT2D eigenvalue weighted by atomic mass is 19.3. The van der Waals surface area contributed by atoms with Gasteiger partial charge in [0, 0.05) is 6.04 Å². The number of rotatable bonds is 5. The van der Waals surface area contributed by atoms with Crippen molar-refractivity contribution in [1.82, 2.24) is 10.2 Å². The second kappa shape index (κ2) is 6.30. The molecule has 0 aliphatic carbocycles. The van der Waals surface area contributed by atoms with Crippen molar-refractivity contribution in [2.75, 3.05) is 26.7 Å². The first-order valence-corrected chi connectivity index (χ1v) is 5.39. The summed E-state index contributed by atoms with van der Waals surface area (Å²) < 4.78 is 23.6. The average Bonchev–Trinajstić information content (AvgIpc) is 2.15. The molecule has 84 valence electrons. The summed E-state index contributed by atoms with van der Waals surface area (Å²) in [6, 6.07) is 0.592. The van der Waals surface area contributed by atoms with Crippen molar-refractivity contribution in [2.45, 2.75) is 38.2 Å². The lowest BCUT2D eigenvalue weighted by molar-refractivity contribution is 0.140. The number of hydrogen-bond acceptors (Lipinski definition) is 2. The van der Waals surface area contributed by atoms with Crippen molar-refractivity contribution in [3.05, 3.63) is 0 Å². The molecule has 0 bridgehead atoms. The molecule has 4 heteroatoms. The Labute approximate surface area is 84.7 Å². The predicted octanol–water partition coefficient (Wildman–Crippen LogP) is 1.72. The summed E-state index contributed by atoms with van der Waals surface area (Å²) in [7, 11) is 2.12. The normalized spacial score (nSPS) is 24.4. The molecule has 0 radical (unpaired) electrons. The number of halogens is 2. The maximum absolute atomic E-state index is 11.8. The van der Waals surface area contributed by atoms with Gasteiger partial charge in [-0.3, -0.25) is 0 Å². The number of likely N-dealkylation sites (tertiary alicyclic amines) is 1. The van der Waals surface area contributed by atoms with E-state index in [1.807, 2.05) is 0 Å². The van der Waals surface area contributed by atoms with Gasteiger partial charge in [0.15, 0.2) is 0 Å². The van der Waals surface area contributed by atoms with Gasteiger partial charge in [-0.25, -0.2) is 8.78 Å². The Morgan fingerprint density at radius 2 is 2.21 bits per heavy atom. The van der Waals surface area contributed by atoms with Gasteiger partial charge in [0.05, 0.1) is 6.54 Å². The van der Waals surface area contributed by atoms with Crippen LogP contribution in [0.15, 0.2) is 0 Å². The average molecular weight is 206 g/mol. The molecule has 0 aromatic carbocycles. The van der Waals surface area contributed by atoms with Gasteiger partial charge < -0.3 is 10.2 Å². The van der Waals surface area contributed by atoms with Gasteiger partial charge >= 0.3 is 0 Å². The molecule has 1 aliphatic heterocycles. The quantitative estimate of drug-likeness (QED) is 0.689. The fourth-order valence-corrected chi connectivity index (χ4v) is 1.99. The number of nitrogens with one attached hydrogen (secondary N) is 1. The minimum Gasteiger partial charge on any atom is -0.311 e. The largest absolute Gasteiger partial charge is 0.311 e. The van der Waals surface area contributed by atoms with E-state index in [1.165, 1.54) is 19.3 Å². The molecule has 0 aromatic rings. The van der Waals surface area contributed by atoms with E-state index < -0.39 is 6.43 Å². The minimum atomic E-state index is -2.22. The monoisotopic (exact) mass is 206 g/mol. The molecule has 2 nitrogen and oxygen atoms in total. The molecule has 0 saturated carbocycles. The Kier molecular flexibility index (Phi) is 5.33. The van der Waals surface area contributed by atoms with E-state index in [0.717, 1.165) is 13.0 Å². The lowest BCUT2D eigenvalue weighted by Gasteiger charge is -2.32. The maximum atomic E-state index is 11.8. The van der Waals surface area contributed by atoms with E-state index in [4.69, 9.17) is 0 Å². The molecule has 1 saturated heterocycles. The molecule has 1 atom stereocenters. The molecule has 0 amide bonds. The molecule has 1 heterocycles. The molecular formula is C10H20F2N2. The predicted molar refractivity (Wildman–Crippen MR) is 53.8 cm³/mol. The van der Waals surface area contributed by atoms with E-state index in [-0.39, 0.29) is 6.54 Å². The van der Waals surface area contributed by atoms with Crippen LogP contribution in [0.5, 0.6) is 0 Å². The van der Waals surface area contributed by atoms with Crippen molar-refractivity contribution < 1.29 is 8.78 Å². The highest BCUT2D eigenvalue weighted by Gasteiger charge is 2.17. The van der Waals surface area contributed by atoms with Crippen LogP contribution >= 0.6 is 0 Å². The first-order chi connectivity index (χ1) is 6.70. The van der Waals surface area contributed by atoms with Gasteiger partial charge in [0.25, 0.3) is 6.43 Å². The van der Waals surface area contributed by atoms with Gasteiger partial charge in [-0.1, -0.05) is 6.42 Å². The van der Waals surface area contributed by atoms with Gasteiger partial charge in [-0.05, 0) is 39.4 Å². The van der Waals surface area contributed by atoms with Crippen LogP contribution < -0.4 is 5.32 Å². The number of hydrogen-bond donors (Lipinski definition) is 1. The molecule has 0 spiro atoms. The minimum absolute atomic E-state index is 0.170. The molecule has 1 fully saturated rings. The zero-order valence-electron chi connectivity index (χ0n) is 8.81. The molecule has 1 aliphatic rings. The topological polar surface area (TPSA) is 15.3 Å². The fraction of sp³-hybridized carbons (Fsp3) is 1.00. The second-order valence-corrected chi connectivity index (χ2v) is 4.01. The Hall–Kier alpha value is -0.220. The van der Waals surface area contributed by atoms with Crippen molar-refractivity contribution in [1.29, 1.82) is 0 Å².